The van der Waals surface area contributed by atoms with Gasteiger partial charge in [-0.2, -0.15) is 0 Å². The molecule has 170 valence electrons. The normalized spacial score (nSPS) is 11.2. The van der Waals surface area contributed by atoms with E-state index in [1.165, 1.54) is 31.3 Å². The van der Waals surface area contributed by atoms with Crippen molar-refractivity contribution in [1.82, 2.24) is 9.62 Å². The second-order valence-electron chi connectivity index (χ2n) is 6.90. The van der Waals surface area contributed by atoms with Crippen LogP contribution < -0.4 is 14.2 Å². The average molecular weight is 475 g/mol. The molecule has 0 unspecified atom stereocenters. The van der Waals surface area contributed by atoms with E-state index in [4.69, 9.17) is 9.47 Å². The molecule has 32 heavy (non-hydrogen) atoms. The molecule has 0 saturated carbocycles. The second-order valence-corrected chi connectivity index (χ2v) is 9.82. The van der Waals surface area contributed by atoms with Gasteiger partial charge in [0.05, 0.1) is 12.0 Å². The van der Waals surface area contributed by atoms with E-state index in [-0.39, 0.29) is 10.8 Å². The van der Waals surface area contributed by atoms with Gasteiger partial charge in [-0.1, -0.05) is 12.1 Å². The van der Waals surface area contributed by atoms with Gasteiger partial charge in [-0.05, 0) is 67.4 Å². The molecule has 0 aliphatic carbocycles. The number of carbonyl (C=O) groups excluding carboxylic acids is 1. The Morgan fingerprint density at radius 3 is 2.44 bits per heavy atom. The Kier molecular flexibility index (Phi) is 7.89. The molecule has 0 aliphatic rings. The average Bonchev–Trinajstić information content (AvgIpc) is 3.34. The molecule has 0 radical (unpaired) electrons. The van der Waals surface area contributed by atoms with Crippen LogP contribution in [-0.4, -0.2) is 39.9 Å². The van der Waals surface area contributed by atoms with Crippen LogP contribution in [-0.2, 0) is 23.2 Å². The fraction of sp³-hybridized carbons (Fsp3) is 0.261. The predicted molar refractivity (Wildman–Crippen MR) is 125 cm³/mol. The van der Waals surface area contributed by atoms with Crippen molar-refractivity contribution in [3.05, 3.63) is 76.0 Å². The van der Waals surface area contributed by atoms with E-state index < -0.39 is 10.0 Å². The summed E-state index contributed by atoms with van der Waals surface area (Å²) in [6, 6.07) is 15.5. The van der Waals surface area contributed by atoms with Gasteiger partial charge in [0.15, 0.2) is 11.5 Å². The van der Waals surface area contributed by atoms with Gasteiger partial charge < -0.3 is 14.4 Å². The zero-order valence-corrected chi connectivity index (χ0v) is 19.8. The Morgan fingerprint density at radius 1 is 1.09 bits per heavy atom. The third kappa shape index (κ3) is 5.67. The fourth-order valence-electron chi connectivity index (χ4n) is 3.10. The van der Waals surface area contributed by atoms with Crippen LogP contribution in [0.25, 0.3) is 0 Å². The minimum Gasteiger partial charge on any atom is -0.493 e. The van der Waals surface area contributed by atoms with Gasteiger partial charge in [-0.25, -0.2) is 13.1 Å². The first-order valence-electron chi connectivity index (χ1n) is 10.0. The van der Waals surface area contributed by atoms with E-state index in [1.807, 2.05) is 42.6 Å². The predicted octanol–water partition coefficient (Wildman–Crippen LogP) is 3.91. The molecule has 0 bridgehead atoms. The number of nitrogens with zero attached hydrogens (tertiary/aromatic N) is 1. The maximum Gasteiger partial charge on any atom is 0.254 e. The molecular formula is C23H26N2O5S2. The summed E-state index contributed by atoms with van der Waals surface area (Å²) >= 11 is 1.63. The summed E-state index contributed by atoms with van der Waals surface area (Å²) in [5, 5.41) is 2.00. The lowest BCUT2D eigenvalue weighted by Gasteiger charge is -2.22. The van der Waals surface area contributed by atoms with Gasteiger partial charge in [0.2, 0.25) is 10.0 Å². The Bertz CT molecular complexity index is 1140. The van der Waals surface area contributed by atoms with Gasteiger partial charge in [0.1, 0.15) is 6.61 Å². The Morgan fingerprint density at radius 2 is 1.84 bits per heavy atom. The highest BCUT2D eigenvalue weighted by Gasteiger charge is 2.18. The quantitative estimate of drug-likeness (QED) is 0.482. The number of sulfonamides is 1. The summed E-state index contributed by atoms with van der Waals surface area (Å²) in [6.07, 6.45) is 0. The standard InChI is InChI=1S/C23H26N2O5S2/c1-4-25(23(26)18-8-10-20(11-9-18)32(27,28)24-2)15-17-7-12-21(22(14-17)29-3)30-16-19-6-5-13-31-19/h5-14,24H,4,15-16H2,1-3H3. The topological polar surface area (TPSA) is 84.9 Å². The maximum absolute atomic E-state index is 13.0. The minimum atomic E-state index is -3.55. The molecule has 0 fully saturated rings. The molecule has 3 aromatic rings. The molecule has 1 amide bonds. The van der Waals surface area contributed by atoms with Crippen LogP contribution in [0.5, 0.6) is 11.5 Å². The van der Waals surface area contributed by atoms with Gasteiger partial charge in [-0.15, -0.1) is 11.3 Å². The highest BCUT2D eigenvalue weighted by atomic mass is 32.2. The summed E-state index contributed by atoms with van der Waals surface area (Å²) in [7, 11) is -0.615. The van der Waals surface area contributed by atoms with Gasteiger partial charge in [-0.3, -0.25) is 4.79 Å². The molecule has 7 nitrogen and oxygen atoms in total. The summed E-state index contributed by atoms with van der Waals surface area (Å²) in [5.74, 6) is 1.06. The molecule has 0 atom stereocenters. The summed E-state index contributed by atoms with van der Waals surface area (Å²) in [5.41, 5.74) is 1.32. The first-order valence-corrected chi connectivity index (χ1v) is 12.4. The van der Waals surface area contributed by atoms with Gasteiger partial charge >= 0.3 is 0 Å². The lowest BCUT2D eigenvalue weighted by Crippen LogP contribution is -2.30. The Hall–Kier alpha value is -2.88. The molecule has 9 heteroatoms. The van der Waals surface area contributed by atoms with Crippen LogP contribution >= 0.6 is 11.3 Å². The van der Waals surface area contributed by atoms with Crippen LogP contribution in [0, 0.1) is 0 Å². The molecule has 1 heterocycles. The summed E-state index contributed by atoms with van der Waals surface area (Å²) in [6.45, 7) is 3.24. The number of hydrogen-bond acceptors (Lipinski definition) is 6. The first kappa shape index (κ1) is 23.8. The number of thiophene rings is 1. The smallest absolute Gasteiger partial charge is 0.254 e. The molecule has 0 aliphatic heterocycles. The second kappa shape index (κ2) is 10.6. The van der Waals surface area contributed by atoms with E-state index in [9.17, 15) is 13.2 Å². The summed E-state index contributed by atoms with van der Waals surface area (Å²) in [4.78, 5) is 15.9. The first-order chi connectivity index (χ1) is 15.4. The molecular weight excluding hydrogens is 448 g/mol. The largest absolute Gasteiger partial charge is 0.493 e. The van der Waals surface area contributed by atoms with Crippen LogP contribution in [0.1, 0.15) is 27.7 Å². The SMILES string of the molecule is CCN(Cc1ccc(OCc2cccs2)c(OC)c1)C(=O)c1ccc(S(=O)(=O)NC)cc1. The minimum absolute atomic E-state index is 0.113. The van der Waals surface area contributed by atoms with Crippen LogP contribution in [0.2, 0.25) is 0 Å². The van der Waals surface area contributed by atoms with E-state index in [2.05, 4.69) is 4.72 Å². The third-order valence-electron chi connectivity index (χ3n) is 4.90. The molecule has 1 N–H and O–H groups in total. The number of ether oxygens (including phenoxy) is 2. The number of nitrogens with one attached hydrogen (secondary N) is 1. The van der Waals surface area contributed by atoms with Crippen molar-refractivity contribution in [2.75, 3.05) is 20.7 Å². The molecule has 0 saturated heterocycles. The zero-order chi connectivity index (χ0) is 23.1. The molecule has 3 rings (SSSR count). The van der Waals surface area contributed by atoms with Crippen molar-refractivity contribution in [2.45, 2.75) is 25.0 Å². The lowest BCUT2D eigenvalue weighted by atomic mass is 10.1. The maximum atomic E-state index is 13.0. The Balaban J connectivity index is 1.72. The number of amides is 1. The highest BCUT2D eigenvalue weighted by Crippen LogP contribution is 2.30. The van der Waals surface area contributed by atoms with Crippen molar-refractivity contribution in [2.24, 2.45) is 0 Å². The van der Waals surface area contributed by atoms with Crippen molar-refractivity contribution in [1.29, 1.82) is 0 Å². The molecule has 0 spiro atoms. The zero-order valence-electron chi connectivity index (χ0n) is 18.2. The van der Waals surface area contributed by atoms with Crippen molar-refractivity contribution >= 4 is 27.3 Å². The lowest BCUT2D eigenvalue weighted by molar-refractivity contribution is 0.0752. The van der Waals surface area contributed by atoms with E-state index >= 15 is 0 Å². The number of rotatable bonds is 10. The van der Waals surface area contributed by atoms with E-state index in [0.717, 1.165) is 10.4 Å². The van der Waals surface area contributed by atoms with Crippen LogP contribution in [0.3, 0.4) is 0 Å². The van der Waals surface area contributed by atoms with Gasteiger partial charge in [0, 0.05) is 23.5 Å². The molecule has 2 aromatic carbocycles. The van der Waals surface area contributed by atoms with Crippen molar-refractivity contribution in [3.63, 3.8) is 0 Å². The summed E-state index contributed by atoms with van der Waals surface area (Å²) < 4.78 is 37.4. The van der Waals surface area contributed by atoms with Crippen LogP contribution in [0.4, 0.5) is 0 Å². The number of hydrogen-bond donors (Lipinski definition) is 1. The molecule has 1 aromatic heterocycles. The fourth-order valence-corrected chi connectivity index (χ4v) is 4.44. The van der Waals surface area contributed by atoms with Gasteiger partial charge in [0.25, 0.3) is 5.91 Å². The highest BCUT2D eigenvalue weighted by molar-refractivity contribution is 7.89. The van der Waals surface area contributed by atoms with E-state index in [0.29, 0.717) is 36.8 Å². The number of methoxy groups -OCH3 is 1. The van der Waals surface area contributed by atoms with E-state index in [1.54, 1.807) is 23.3 Å². The van der Waals surface area contributed by atoms with Crippen molar-refractivity contribution in [3.8, 4) is 11.5 Å². The van der Waals surface area contributed by atoms with Crippen LogP contribution in [0.15, 0.2) is 64.9 Å². The van der Waals surface area contributed by atoms with Crippen molar-refractivity contribution < 1.29 is 22.7 Å². The number of carbonyl (C=O) groups is 1. The Labute approximate surface area is 192 Å². The monoisotopic (exact) mass is 474 g/mol. The third-order valence-corrected chi connectivity index (χ3v) is 7.18. The number of benzene rings is 2.